The number of rotatable bonds is 4. The Kier molecular flexibility index (Phi) is 4.06. The Balaban J connectivity index is 1.95. The number of ether oxygens (including phenoxy) is 1. The lowest BCUT2D eigenvalue weighted by molar-refractivity contribution is -0.136. The molecule has 0 radical (unpaired) electrons. The number of hydrogen-bond donors (Lipinski definition) is 1. The second-order valence-electron chi connectivity index (χ2n) is 5.86. The number of furan rings is 1. The monoisotopic (exact) mass is 329 g/mol. The van der Waals surface area contributed by atoms with Crippen molar-refractivity contribution in [2.75, 3.05) is 0 Å². The molecule has 1 heterocycles. The zero-order valence-electron chi connectivity index (χ0n) is 11.7. The molecule has 1 N–H and O–H groups in total. The van der Waals surface area contributed by atoms with Crippen LogP contribution in [-0.4, -0.2) is 24.2 Å². The van der Waals surface area contributed by atoms with Crippen LogP contribution in [0, 0.1) is 5.41 Å². The van der Waals surface area contributed by atoms with Crippen LogP contribution in [0.2, 0.25) is 0 Å². The van der Waals surface area contributed by atoms with Gasteiger partial charge in [0.2, 0.25) is 0 Å². The topological polar surface area (TPSA) is 51.5 Å². The minimum Gasteiger partial charge on any atom is -0.457 e. The van der Waals surface area contributed by atoms with E-state index in [1.807, 2.05) is 13.8 Å². The van der Waals surface area contributed by atoms with Crippen molar-refractivity contribution in [1.29, 1.82) is 0 Å². The summed E-state index contributed by atoms with van der Waals surface area (Å²) in [6, 6.07) is 1.79. The van der Waals surface area contributed by atoms with Gasteiger partial charge in [-0.15, -0.1) is 0 Å². The Labute approximate surface area is 122 Å². The predicted octanol–water partition coefficient (Wildman–Crippen LogP) is 3.36. The highest BCUT2D eigenvalue weighted by Crippen LogP contribution is 2.43. The van der Waals surface area contributed by atoms with E-state index in [4.69, 9.17) is 9.15 Å². The third kappa shape index (κ3) is 2.87. The van der Waals surface area contributed by atoms with Gasteiger partial charge >= 0.3 is 0 Å². The lowest BCUT2D eigenvalue weighted by Crippen LogP contribution is -2.62. The van der Waals surface area contributed by atoms with Crippen LogP contribution in [0.15, 0.2) is 21.4 Å². The molecule has 2 rings (SSSR count). The molecule has 1 fully saturated rings. The summed E-state index contributed by atoms with van der Waals surface area (Å²) in [5.74, 6) is -0.110. The Morgan fingerprint density at radius 2 is 2.26 bits per heavy atom. The lowest BCUT2D eigenvalue weighted by atomic mass is 9.64. The molecule has 5 heteroatoms. The number of hydrogen-bond acceptors (Lipinski definition) is 3. The molecule has 4 nitrogen and oxygen atoms in total. The zero-order chi connectivity index (χ0) is 14.2. The molecule has 1 aromatic heterocycles. The van der Waals surface area contributed by atoms with Gasteiger partial charge in [-0.1, -0.05) is 13.8 Å². The maximum absolute atomic E-state index is 12.1. The van der Waals surface area contributed by atoms with E-state index < -0.39 is 0 Å². The molecule has 2 atom stereocenters. The molecule has 1 aliphatic rings. The van der Waals surface area contributed by atoms with Crippen LogP contribution in [0.1, 0.15) is 44.5 Å². The quantitative estimate of drug-likeness (QED) is 0.921. The van der Waals surface area contributed by atoms with Crippen LogP contribution < -0.4 is 5.32 Å². The van der Waals surface area contributed by atoms with Gasteiger partial charge in [0.1, 0.15) is 0 Å². The van der Waals surface area contributed by atoms with E-state index in [1.54, 1.807) is 6.07 Å². The molecular weight excluding hydrogens is 310 g/mol. The summed E-state index contributed by atoms with van der Waals surface area (Å²) in [4.78, 5) is 12.1. The zero-order valence-corrected chi connectivity index (χ0v) is 13.3. The first-order valence-electron chi connectivity index (χ1n) is 6.51. The first-order chi connectivity index (χ1) is 8.82. The highest BCUT2D eigenvalue weighted by molar-refractivity contribution is 9.10. The van der Waals surface area contributed by atoms with E-state index in [-0.39, 0.29) is 29.6 Å². The normalized spacial score (nSPS) is 25.2. The summed E-state index contributed by atoms with van der Waals surface area (Å²) in [5, 5.41) is 3.04. The van der Waals surface area contributed by atoms with Crippen LogP contribution in [0.5, 0.6) is 0 Å². The van der Waals surface area contributed by atoms with Gasteiger partial charge in [-0.2, -0.15) is 0 Å². The van der Waals surface area contributed by atoms with Crippen molar-refractivity contribution in [3.63, 3.8) is 0 Å². The van der Waals surface area contributed by atoms with Crippen LogP contribution in [-0.2, 0) is 4.74 Å². The number of carbonyl (C=O) groups excluding carboxylic acids is 1. The number of amides is 1. The predicted molar refractivity (Wildman–Crippen MR) is 76.1 cm³/mol. The second kappa shape index (κ2) is 5.29. The van der Waals surface area contributed by atoms with Crippen LogP contribution in [0.4, 0.5) is 0 Å². The molecule has 0 aromatic carbocycles. The van der Waals surface area contributed by atoms with Crippen molar-refractivity contribution in [2.24, 2.45) is 5.41 Å². The first-order valence-corrected chi connectivity index (χ1v) is 7.31. The molecule has 0 spiro atoms. The number of nitrogens with one attached hydrogen (secondary N) is 1. The van der Waals surface area contributed by atoms with Gasteiger partial charge in [-0.3, -0.25) is 4.79 Å². The van der Waals surface area contributed by atoms with Crippen molar-refractivity contribution in [2.45, 2.75) is 52.4 Å². The fourth-order valence-corrected chi connectivity index (χ4v) is 2.80. The van der Waals surface area contributed by atoms with Gasteiger partial charge in [0.25, 0.3) is 5.91 Å². The van der Waals surface area contributed by atoms with Crippen molar-refractivity contribution in [3.8, 4) is 0 Å². The third-order valence-electron chi connectivity index (χ3n) is 3.78. The SMILES string of the molecule is CC(C)O[C@H]1C[C@H](NC(=O)c2ccoc2Br)C1(C)C. The molecule has 1 saturated carbocycles. The van der Waals surface area contributed by atoms with Crippen LogP contribution in [0.3, 0.4) is 0 Å². The van der Waals surface area contributed by atoms with Gasteiger partial charge in [-0.05, 0) is 42.3 Å². The Bertz CT molecular complexity index is 467. The van der Waals surface area contributed by atoms with Gasteiger partial charge in [-0.25, -0.2) is 0 Å². The van der Waals surface area contributed by atoms with E-state index in [9.17, 15) is 4.79 Å². The third-order valence-corrected chi connectivity index (χ3v) is 4.40. The largest absolute Gasteiger partial charge is 0.457 e. The summed E-state index contributed by atoms with van der Waals surface area (Å²) >= 11 is 3.22. The molecule has 0 unspecified atom stereocenters. The average Bonchev–Trinajstić information content (AvgIpc) is 2.73. The number of halogens is 1. The highest BCUT2D eigenvalue weighted by atomic mass is 79.9. The summed E-state index contributed by atoms with van der Waals surface area (Å²) in [5.41, 5.74) is 0.486. The average molecular weight is 330 g/mol. The molecule has 1 amide bonds. The van der Waals surface area contributed by atoms with Gasteiger partial charge < -0.3 is 14.5 Å². The fourth-order valence-electron chi connectivity index (χ4n) is 2.38. The van der Waals surface area contributed by atoms with E-state index in [1.165, 1.54) is 6.26 Å². The summed E-state index contributed by atoms with van der Waals surface area (Å²) in [7, 11) is 0. The fraction of sp³-hybridized carbons (Fsp3) is 0.643. The Morgan fingerprint density at radius 1 is 1.58 bits per heavy atom. The molecule has 19 heavy (non-hydrogen) atoms. The highest BCUT2D eigenvalue weighted by Gasteiger charge is 2.50. The smallest absolute Gasteiger partial charge is 0.255 e. The minimum atomic E-state index is -0.110. The van der Waals surface area contributed by atoms with E-state index in [0.29, 0.717) is 10.2 Å². The summed E-state index contributed by atoms with van der Waals surface area (Å²) in [6.07, 6.45) is 2.76. The van der Waals surface area contributed by atoms with Crippen molar-refractivity contribution >= 4 is 21.8 Å². The summed E-state index contributed by atoms with van der Waals surface area (Å²) in [6.45, 7) is 8.31. The van der Waals surface area contributed by atoms with E-state index in [0.717, 1.165) is 6.42 Å². The minimum absolute atomic E-state index is 0.0455. The van der Waals surface area contributed by atoms with Gasteiger partial charge in [0, 0.05) is 11.5 Å². The molecule has 0 aliphatic heterocycles. The van der Waals surface area contributed by atoms with Gasteiger partial charge in [0.05, 0.1) is 24.0 Å². The second-order valence-corrected chi connectivity index (χ2v) is 6.58. The maximum atomic E-state index is 12.1. The lowest BCUT2D eigenvalue weighted by Gasteiger charge is -2.52. The molecule has 106 valence electrons. The first kappa shape index (κ1) is 14.6. The molecule has 1 aliphatic carbocycles. The van der Waals surface area contributed by atoms with Crippen molar-refractivity contribution in [1.82, 2.24) is 5.32 Å². The van der Waals surface area contributed by atoms with Crippen LogP contribution >= 0.6 is 15.9 Å². The molecule has 0 bridgehead atoms. The van der Waals surface area contributed by atoms with Gasteiger partial charge in [0.15, 0.2) is 4.67 Å². The van der Waals surface area contributed by atoms with Crippen molar-refractivity contribution in [3.05, 3.63) is 22.6 Å². The Hall–Kier alpha value is -0.810. The maximum Gasteiger partial charge on any atom is 0.255 e. The molecule has 0 saturated heterocycles. The van der Waals surface area contributed by atoms with Crippen molar-refractivity contribution < 1.29 is 13.9 Å². The van der Waals surface area contributed by atoms with Crippen LogP contribution in [0.25, 0.3) is 0 Å². The summed E-state index contributed by atoms with van der Waals surface area (Å²) < 4.78 is 11.4. The van der Waals surface area contributed by atoms with E-state index >= 15 is 0 Å². The van der Waals surface area contributed by atoms with E-state index in [2.05, 4.69) is 35.1 Å². The number of carbonyl (C=O) groups is 1. The standard InChI is InChI=1S/C14H20BrNO3/c1-8(2)19-11-7-10(14(11,3)4)16-13(17)9-5-6-18-12(9)15/h5-6,8,10-11H,7H2,1-4H3,(H,16,17)/t10-,11-/m0/s1. The molecular formula is C14H20BrNO3. The molecule has 1 aromatic rings. The Morgan fingerprint density at radius 3 is 2.74 bits per heavy atom.